The van der Waals surface area contributed by atoms with Crippen molar-refractivity contribution < 1.29 is 4.74 Å². The molecule has 0 bridgehead atoms. The van der Waals surface area contributed by atoms with E-state index < -0.39 is 0 Å². The number of ether oxygens (including phenoxy) is 1. The standard InChI is InChI=1S/C12H18N2OS/c1-4-11(12(13)16)15-10-7-5-6-9(8-10)14(2)3/h5-8,11H,4H2,1-3H3,(H2,13,16). The maximum Gasteiger partial charge on any atom is 0.148 e. The molecule has 0 heterocycles. The van der Waals surface area contributed by atoms with Crippen LogP contribution in [0.3, 0.4) is 0 Å². The Morgan fingerprint density at radius 3 is 2.69 bits per heavy atom. The van der Waals surface area contributed by atoms with Crippen molar-refractivity contribution in [3.8, 4) is 5.75 Å². The third kappa shape index (κ3) is 3.38. The largest absolute Gasteiger partial charge is 0.483 e. The molecule has 0 aromatic heterocycles. The van der Waals surface area contributed by atoms with Gasteiger partial charge in [-0.15, -0.1) is 0 Å². The number of nitrogens with zero attached hydrogens (tertiary/aromatic N) is 1. The van der Waals surface area contributed by atoms with Gasteiger partial charge < -0.3 is 15.4 Å². The molecular formula is C12H18N2OS. The lowest BCUT2D eigenvalue weighted by molar-refractivity contribution is 0.264. The second-order valence-electron chi connectivity index (χ2n) is 3.81. The molecule has 1 unspecified atom stereocenters. The smallest absolute Gasteiger partial charge is 0.148 e. The van der Waals surface area contributed by atoms with Gasteiger partial charge in [-0.2, -0.15) is 0 Å². The number of nitrogens with two attached hydrogens (primary N) is 1. The van der Waals surface area contributed by atoms with E-state index in [4.69, 9.17) is 22.7 Å². The van der Waals surface area contributed by atoms with Crippen molar-refractivity contribution in [1.29, 1.82) is 0 Å². The van der Waals surface area contributed by atoms with Gasteiger partial charge in [0.15, 0.2) is 0 Å². The van der Waals surface area contributed by atoms with Gasteiger partial charge in [0.25, 0.3) is 0 Å². The average Bonchev–Trinajstić information content (AvgIpc) is 2.25. The van der Waals surface area contributed by atoms with E-state index in [1.54, 1.807) is 0 Å². The molecule has 1 aromatic rings. The van der Waals surface area contributed by atoms with Crippen molar-refractivity contribution in [3.63, 3.8) is 0 Å². The minimum absolute atomic E-state index is 0.188. The second kappa shape index (κ2) is 5.70. The van der Waals surface area contributed by atoms with Crippen molar-refractivity contribution in [2.45, 2.75) is 19.4 Å². The molecule has 4 heteroatoms. The fourth-order valence-corrected chi connectivity index (χ4v) is 1.56. The molecule has 0 aliphatic heterocycles. The van der Waals surface area contributed by atoms with Crippen molar-refractivity contribution in [1.82, 2.24) is 0 Å². The molecule has 16 heavy (non-hydrogen) atoms. The monoisotopic (exact) mass is 238 g/mol. The molecule has 0 fully saturated rings. The first-order chi connectivity index (χ1) is 7.54. The van der Waals surface area contributed by atoms with Crippen LogP contribution >= 0.6 is 12.2 Å². The Balaban J connectivity index is 2.80. The Morgan fingerprint density at radius 2 is 2.19 bits per heavy atom. The molecule has 0 spiro atoms. The first-order valence-corrected chi connectivity index (χ1v) is 5.68. The van der Waals surface area contributed by atoms with Gasteiger partial charge in [-0.05, 0) is 18.6 Å². The van der Waals surface area contributed by atoms with Crippen molar-refractivity contribution in [3.05, 3.63) is 24.3 Å². The Bertz CT molecular complexity index is 366. The highest BCUT2D eigenvalue weighted by Gasteiger charge is 2.11. The van der Waals surface area contributed by atoms with E-state index in [0.717, 1.165) is 17.9 Å². The van der Waals surface area contributed by atoms with Crippen LogP contribution in [0.5, 0.6) is 5.75 Å². The minimum atomic E-state index is -0.188. The van der Waals surface area contributed by atoms with Gasteiger partial charge in [0.05, 0.1) is 0 Å². The Kier molecular flexibility index (Phi) is 4.55. The molecule has 0 saturated heterocycles. The summed E-state index contributed by atoms with van der Waals surface area (Å²) in [5, 5.41) is 0. The third-order valence-electron chi connectivity index (χ3n) is 2.30. The Labute approximate surface area is 102 Å². The van der Waals surface area contributed by atoms with Gasteiger partial charge in [0, 0.05) is 25.8 Å². The lowest BCUT2D eigenvalue weighted by Gasteiger charge is -2.18. The summed E-state index contributed by atoms with van der Waals surface area (Å²) in [5.74, 6) is 0.797. The van der Waals surface area contributed by atoms with Crippen LogP contribution in [0.1, 0.15) is 13.3 Å². The summed E-state index contributed by atoms with van der Waals surface area (Å²) in [6, 6.07) is 7.86. The molecule has 88 valence electrons. The van der Waals surface area contributed by atoms with Crippen LogP contribution in [0.2, 0.25) is 0 Å². The third-order valence-corrected chi connectivity index (χ3v) is 2.56. The van der Waals surface area contributed by atoms with Crippen LogP contribution in [0.15, 0.2) is 24.3 Å². The lowest BCUT2D eigenvalue weighted by Crippen LogP contribution is -2.31. The number of hydrogen-bond acceptors (Lipinski definition) is 3. The normalized spacial score (nSPS) is 11.9. The zero-order valence-corrected chi connectivity index (χ0v) is 10.8. The van der Waals surface area contributed by atoms with Gasteiger partial charge >= 0.3 is 0 Å². The van der Waals surface area contributed by atoms with E-state index in [1.807, 2.05) is 50.2 Å². The van der Waals surface area contributed by atoms with E-state index in [2.05, 4.69) is 0 Å². The molecule has 1 rings (SSSR count). The van der Waals surface area contributed by atoms with Crippen molar-refractivity contribution in [2.75, 3.05) is 19.0 Å². The van der Waals surface area contributed by atoms with Gasteiger partial charge in [0.1, 0.15) is 16.8 Å². The number of anilines is 1. The van der Waals surface area contributed by atoms with Crippen LogP contribution in [-0.2, 0) is 0 Å². The first-order valence-electron chi connectivity index (χ1n) is 5.28. The zero-order valence-electron chi connectivity index (χ0n) is 9.93. The van der Waals surface area contributed by atoms with Crippen LogP contribution in [0.4, 0.5) is 5.69 Å². The summed E-state index contributed by atoms with van der Waals surface area (Å²) < 4.78 is 5.72. The predicted molar refractivity (Wildman–Crippen MR) is 72.3 cm³/mol. The maximum atomic E-state index is 5.72. The van der Waals surface area contributed by atoms with Gasteiger partial charge in [0.2, 0.25) is 0 Å². The molecule has 0 aliphatic carbocycles. The molecule has 0 radical (unpaired) electrons. The Hall–Kier alpha value is -1.29. The molecular weight excluding hydrogens is 220 g/mol. The van der Waals surface area contributed by atoms with E-state index in [-0.39, 0.29) is 6.10 Å². The van der Waals surface area contributed by atoms with Crippen molar-refractivity contribution >= 4 is 22.9 Å². The summed E-state index contributed by atoms with van der Waals surface area (Å²) in [7, 11) is 3.98. The van der Waals surface area contributed by atoms with Crippen LogP contribution in [-0.4, -0.2) is 25.2 Å². The summed E-state index contributed by atoms with van der Waals surface area (Å²) >= 11 is 4.94. The number of hydrogen-bond donors (Lipinski definition) is 1. The molecule has 0 aliphatic rings. The summed E-state index contributed by atoms with van der Waals surface area (Å²) in [6.07, 6.45) is 0.592. The van der Waals surface area contributed by atoms with E-state index in [0.29, 0.717) is 4.99 Å². The fraction of sp³-hybridized carbons (Fsp3) is 0.417. The zero-order chi connectivity index (χ0) is 12.1. The van der Waals surface area contributed by atoms with E-state index in [1.165, 1.54) is 0 Å². The highest BCUT2D eigenvalue weighted by atomic mass is 32.1. The second-order valence-corrected chi connectivity index (χ2v) is 4.28. The fourth-order valence-electron chi connectivity index (χ4n) is 1.34. The van der Waals surface area contributed by atoms with Gasteiger partial charge in [-0.3, -0.25) is 0 Å². The summed E-state index contributed by atoms with van der Waals surface area (Å²) in [4.78, 5) is 2.42. The van der Waals surface area contributed by atoms with Gasteiger partial charge in [-0.25, -0.2) is 0 Å². The van der Waals surface area contributed by atoms with Crippen LogP contribution in [0.25, 0.3) is 0 Å². The molecule has 1 atom stereocenters. The topological polar surface area (TPSA) is 38.5 Å². The van der Waals surface area contributed by atoms with Crippen molar-refractivity contribution in [2.24, 2.45) is 5.73 Å². The van der Waals surface area contributed by atoms with Gasteiger partial charge in [-0.1, -0.05) is 25.2 Å². The van der Waals surface area contributed by atoms with E-state index in [9.17, 15) is 0 Å². The molecule has 0 amide bonds. The van der Waals surface area contributed by atoms with E-state index >= 15 is 0 Å². The first kappa shape index (κ1) is 12.8. The summed E-state index contributed by atoms with van der Waals surface area (Å²) in [5.41, 5.74) is 6.68. The quantitative estimate of drug-likeness (QED) is 0.798. The predicted octanol–water partition coefficient (Wildman–Crippen LogP) is 2.20. The highest BCUT2D eigenvalue weighted by Crippen LogP contribution is 2.20. The average molecular weight is 238 g/mol. The molecule has 0 saturated carbocycles. The molecule has 1 aromatic carbocycles. The molecule has 3 nitrogen and oxygen atoms in total. The molecule has 2 N–H and O–H groups in total. The summed E-state index contributed by atoms with van der Waals surface area (Å²) in [6.45, 7) is 2.00. The maximum absolute atomic E-state index is 5.72. The number of benzene rings is 1. The number of rotatable bonds is 5. The van der Waals surface area contributed by atoms with Crippen LogP contribution < -0.4 is 15.4 Å². The highest BCUT2D eigenvalue weighted by molar-refractivity contribution is 7.80. The lowest BCUT2D eigenvalue weighted by atomic mass is 10.2. The van der Waals surface area contributed by atoms with Crippen LogP contribution in [0, 0.1) is 0 Å². The number of thiocarbonyl (C=S) groups is 1. The Morgan fingerprint density at radius 1 is 1.50 bits per heavy atom. The minimum Gasteiger partial charge on any atom is -0.483 e. The SMILES string of the molecule is CCC(Oc1cccc(N(C)C)c1)C(N)=S.